The predicted molar refractivity (Wildman–Crippen MR) is 69.6 cm³/mol. The first-order valence-corrected chi connectivity index (χ1v) is 6.58. The van der Waals surface area contributed by atoms with Crippen molar-refractivity contribution in [3.8, 4) is 0 Å². The molecule has 5 heteroatoms. The van der Waals surface area contributed by atoms with E-state index in [2.05, 4.69) is 4.90 Å². The van der Waals surface area contributed by atoms with Gasteiger partial charge in [-0.15, -0.1) is 0 Å². The second kappa shape index (κ2) is 6.21. The Morgan fingerprint density at radius 1 is 1.53 bits per heavy atom. The fraction of sp³-hybridized carbons (Fsp3) is 0.643. The smallest absolute Gasteiger partial charge is 0.322 e. The van der Waals surface area contributed by atoms with Crippen molar-refractivity contribution < 1.29 is 18.7 Å². The van der Waals surface area contributed by atoms with Crippen LogP contribution in [-0.4, -0.2) is 37.7 Å². The maximum absolute atomic E-state index is 11.7. The largest absolute Gasteiger partial charge is 0.468 e. The number of rotatable bonds is 5. The van der Waals surface area contributed by atoms with Crippen molar-refractivity contribution in [1.82, 2.24) is 4.90 Å². The molecule has 2 rings (SSSR count). The van der Waals surface area contributed by atoms with Crippen molar-refractivity contribution in [2.75, 3.05) is 20.8 Å². The number of carbonyl (C=O) groups is 1. The molecule has 1 aliphatic heterocycles. The number of likely N-dealkylation sites (tertiary alicyclic amines) is 1. The minimum atomic E-state index is -0.242. The third-order valence-corrected chi connectivity index (χ3v) is 3.63. The van der Waals surface area contributed by atoms with E-state index in [0.717, 1.165) is 30.9 Å². The monoisotopic (exact) mass is 267 g/mol. The molecule has 0 aliphatic carbocycles. The third kappa shape index (κ3) is 2.98. The van der Waals surface area contributed by atoms with Crippen LogP contribution in [0.25, 0.3) is 0 Å². The zero-order valence-electron chi connectivity index (χ0n) is 11.7. The number of ether oxygens (including phenoxy) is 2. The molecule has 5 nitrogen and oxygen atoms in total. The van der Waals surface area contributed by atoms with Gasteiger partial charge in [0.2, 0.25) is 0 Å². The van der Waals surface area contributed by atoms with Crippen LogP contribution in [0.4, 0.5) is 0 Å². The quantitative estimate of drug-likeness (QED) is 0.765. The van der Waals surface area contributed by atoms with E-state index in [1.165, 1.54) is 7.11 Å². The van der Waals surface area contributed by atoms with Crippen molar-refractivity contribution in [2.24, 2.45) is 0 Å². The molecule has 2 heterocycles. The predicted octanol–water partition coefficient (Wildman–Crippen LogP) is 2.12. The molecule has 2 atom stereocenters. The van der Waals surface area contributed by atoms with Crippen LogP contribution in [0.15, 0.2) is 16.5 Å². The van der Waals surface area contributed by atoms with Gasteiger partial charge in [-0.05, 0) is 38.4 Å². The standard InChI is InChI=1S/C14H21NO4/c1-10(14(16)18-3)15-8-4-5-12(15)13-7-6-11(19-13)9-17-2/h6-7,10,12H,4-5,8-9H2,1-3H3/t10-,12+/m0/s1. The maximum Gasteiger partial charge on any atom is 0.322 e. The summed E-state index contributed by atoms with van der Waals surface area (Å²) < 4.78 is 15.7. The maximum atomic E-state index is 11.7. The van der Waals surface area contributed by atoms with Gasteiger partial charge in [-0.2, -0.15) is 0 Å². The topological polar surface area (TPSA) is 51.9 Å². The molecule has 1 saturated heterocycles. The summed E-state index contributed by atoms with van der Waals surface area (Å²) in [5, 5.41) is 0. The lowest BCUT2D eigenvalue weighted by molar-refractivity contribution is -0.146. The first kappa shape index (κ1) is 14.1. The highest BCUT2D eigenvalue weighted by Gasteiger charge is 2.35. The Kier molecular flexibility index (Phi) is 4.61. The minimum Gasteiger partial charge on any atom is -0.468 e. The molecule has 1 aromatic rings. The highest BCUT2D eigenvalue weighted by Crippen LogP contribution is 2.34. The van der Waals surface area contributed by atoms with E-state index in [4.69, 9.17) is 13.9 Å². The lowest BCUT2D eigenvalue weighted by Gasteiger charge is -2.27. The average Bonchev–Trinajstić information content (AvgIpc) is 3.05. The summed E-state index contributed by atoms with van der Waals surface area (Å²) >= 11 is 0. The zero-order chi connectivity index (χ0) is 13.8. The molecule has 0 bridgehead atoms. The Labute approximate surface area is 113 Å². The fourth-order valence-corrected chi connectivity index (χ4v) is 2.66. The lowest BCUT2D eigenvalue weighted by Crippen LogP contribution is -2.39. The second-order valence-corrected chi connectivity index (χ2v) is 4.83. The van der Waals surface area contributed by atoms with Crippen molar-refractivity contribution in [2.45, 2.75) is 38.5 Å². The second-order valence-electron chi connectivity index (χ2n) is 4.83. The van der Waals surface area contributed by atoms with Crippen molar-refractivity contribution in [3.05, 3.63) is 23.7 Å². The Hall–Kier alpha value is -1.33. The van der Waals surface area contributed by atoms with Crippen LogP contribution in [-0.2, 0) is 20.9 Å². The van der Waals surface area contributed by atoms with E-state index in [0.29, 0.717) is 6.61 Å². The SMILES string of the molecule is COCc1ccc([C@H]2CCCN2[C@@H](C)C(=O)OC)o1. The number of methoxy groups -OCH3 is 2. The number of hydrogen-bond acceptors (Lipinski definition) is 5. The fourth-order valence-electron chi connectivity index (χ4n) is 2.66. The van der Waals surface area contributed by atoms with E-state index in [-0.39, 0.29) is 18.1 Å². The normalized spacial score (nSPS) is 21.5. The number of carbonyl (C=O) groups excluding carboxylic acids is 1. The Morgan fingerprint density at radius 3 is 3.00 bits per heavy atom. The van der Waals surface area contributed by atoms with E-state index in [1.807, 2.05) is 19.1 Å². The molecule has 19 heavy (non-hydrogen) atoms. The van der Waals surface area contributed by atoms with Gasteiger partial charge in [-0.25, -0.2) is 0 Å². The highest BCUT2D eigenvalue weighted by molar-refractivity contribution is 5.75. The zero-order valence-corrected chi connectivity index (χ0v) is 11.7. The van der Waals surface area contributed by atoms with Crippen LogP contribution in [0, 0.1) is 0 Å². The molecule has 0 radical (unpaired) electrons. The Bertz CT molecular complexity index is 429. The van der Waals surface area contributed by atoms with Gasteiger partial charge in [0.15, 0.2) is 0 Å². The van der Waals surface area contributed by atoms with Crippen LogP contribution in [0.2, 0.25) is 0 Å². The van der Waals surface area contributed by atoms with Crippen molar-refractivity contribution in [3.63, 3.8) is 0 Å². The summed E-state index contributed by atoms with van der Waals surface area (Å²) in [6.07, 6.45) is 2.06. The van der Waals surface area contributed by atoms with Crippen LogP contribution in [0.1, 0.15) is 37.3 Å². The van der Waals surface area contributed by atoms with Crippen LogP contribution in [0.5, 0.6) is 0 Å². The molecule has 1 aromatic heterocycles. The van der Waals surface area contributed by atoms with E-state index >= 15 is 0 Å². The summed E-state index contributed by atoms with van der Waals surface area (Å²) in [5.41, 5.74) is 0. The Morgan fingerprint density at radius 2 is 2.32 bits per heavy atom. The Balaban J connectivity index is 2.11. The molecule has 1 fully saturated rings. The van der Waals surface area contributed by atoms with E-state index in [1.54, 1.807) is 7.11 Å². The van der Waals surface area contributed by atoms with Gasteiger partial charge in [0.25, 0.3) is 0 Å². The molecular weight excluding hydrogens is 246 g/mol. The number of hydrogen-bond donors (Lipinski definition) is 0. The van der Waals surface area contributed by atoms with Gasteiger partial charge < -0.3 is 13.9 Å². The minimum absolute atomic E-state index is 0.153. The summed E-state index contributed by atoms with van der Waals surface area (Å²) in [6, 6.07) is 3.81. The summed E-state index contributed by atoms with van der Waals surface area (Å²) in [6.45, 7) is 3.24. The lowest BCUT2D eigenvalue weighted by atomic mass is 10.1. The summed E-state index contributed by atoms with van der Waals surface area (Å²) in [5.74, 6) is 1.52. The first-order valence-electron chi connectivity index (χ1n) is 6.58. The van der Waals surface area contributed by atoms with Gasteiger partial charge in [-0.3, -0.25) is 9.69 Å². The van der Waals surface area contributed by atoms with Crippen LogP contribution < -0.4 is 0 Å². The summed E-state index contributed by atoms with van der Waals surface area (Å²) in [4.78, 5) is 13.8. The first-order chi connectivity index (χ1) is 9.17. The molecule has 1 aliphatic rings. The van der Waals surface area contributed by atoms with Gasteiger partial charge in [0, 0.05) is 7.11 Å². The molecule has 0 amide bonds. The van der Waals surface area contributed by atoms with Crippen LogP contribution >= 0.6 is 0 Å². The number of nitrogens with zero attached hydrogens (tertiary/aromatic N) is 1. The molecule has 0 aromatic carbocycles. The summed E-state index contributed by atoms with van der Waals surface area (Å²) in [7, 11) is 3.07. The number of furan rings is 1. The molecule has 0 spiro atoms. The average molecular weight is 267 g/mol. The molecule has 106 valence electrons. The van der Waals surface area contributed by atoms with Gasteiger partial charge in [0.05, 0.1) is 13.2 Å². The van der Waals surface area contributed by atoms with Gasteiger partial charge in [-0.1, -0.05) is 0 Å². The van der Waals surface area contributed by atoms with Crippen LogP contribution in [0.3, 0.4) is 0 Å². The molecule has 0 saturated carbocycles. The van der Waals surface area contributed by atoms with Crippen molar-refractivity contribution >= 4 is 5.97 Å². The highest BCUT2D eigenvalue weighted by atomic mass is 16.5. The third-order valence-electron chi connectivity index (χ3n) is 3.63. The van der Waals surface area contributed by atoms with E-state index < -0.39 is 0 Å². The van der Waals surface area contributed by atoms with Crippen molar-refractivity contribution in [1.29, 1.82) is 0 Å². The molecule has 0 N–H and O–H groups in total. The van der Waals surface area contributed by atoms with Gasteiger partial charge >= 0.3 is 5.97 Å². The number of esters is 1. The van der Waals surface area contributed by atoms with E-state index in [9.17, 15) is 4.79 Å². The molecular formula is C14H21NO4. The van der Waals surface area contributed by atoms with Gasteiger partial charge in [0.1, 0.15) is 24.2 Å². The molecule has 0 unspecified atom stereocenters.